The van der Waals surface area contributed by atoms with E-state index in [4.69, 9.17) is 5.26 Å². The Kier molecular flexibility index (Phi) is 4.73. The lowest BCUT2D eigenvalue weighted by Gasteiger charge is -2.22. The molecule has 4 rings (SSSR count). The highest BCUT2D eigenvalue weighted by atomic mass is 32.2. The number of carbonyl (C=O) groups excluding carboxylic acids is 1. The zero-order chi connectivity index (χ0) is 18.8. The predicted molar refractivity (Wildman–Crippen MR) is 102 cm³/mol. The van der Waals surface area contributed by atoms with Crippen molar-refractivity contribution in [2.45, 2.75) is 24.4 Å². The minimum atomic E-state index is -0.396. The van der Waals surface area contributed by atoms with Crippen LogP contribution in [0, 0.1) is 23.1 Å². The maximum Gasteiger partial charge on any atom is 0.199 e. The van der Waals surface area contributed by atoms with Crippen LogP contribution < -0.4 is 5.32 Å². The van der Waals surface area contributed by atoms with Gasteiger partial charge in [0.2, 0.25) is 0 Å². The van der Waals surface area contributed by atoms with E-state index in [-0.39, 0.29) is 11.0 Å². The number of halogens is 1. The van der Waals surface area contributed by atoms with Gasteiger partial charge in [-0.05, 0) is 61.0 Å². The number of nitriles is 1. The first-order chi connectivity index (χ1) is 13.1. The molecule has 1 aliphatic carbocycles. The molecule has 1 N–H and O–H groups in total. The van der Waals surface area contributed by atoms with E-state index in [1.54, 1.807) is 30.3 Å². The second kappa shape index (κ2) is 7.33. The number of nitrogens with zero attached hydrogens (tertiary/aromatic N) is 3. The molecule has 0 bridgehead atoms. The average Bonchev–Trinajstić information content (AvgIpc) is 2.60. The van der Waals surface area contributed by atoms with Crippen LogP contribution >= 0.6 is 11.8 Å². The van der Waals surface area contributed by atoms with Gasteiger partial charge in [-0.1, -0.05) is 6.42 Å². The second-order valence-electron chi connectivity index (χ2n) is 6.38. The highest BCUT2D eigenvalue weighted by molar-refractivity contribution is 8.13. The molecule has 1 saturated carbocycles. The summed E-state index contributed by atoms with van der Waals surface area (Å²) in [4.78, 5) is 21.1. The minimum absolute atomic E-state index is 0.0568. The van der Waals surface area contributed by atoms with Crippen molar-refractivity contribution in [3.8, 4) is 6.07 Å². The third-order valence-corrected chi connectivity index (χ3v) is 5.45. The van der Waals surface area contributed by atoms with E-state index in [1.807, 2.05) is 0 Å². The molecule has 3 aromatic rings. The molecule has 134 valence electrons. The molecule has 1 fully saturated rings. The molecule has 0 atom stereocenters. The van der Waals surface area contributed by atoms with E-state index >= 15 is 0 Å². The summed E-state index contributed by atoms with van der Waals surface area (Å²) in [5.41, 5.74) is 1.72. The lowest BCUT2D eigenvalue weighted by molar-refractivity contribution is -0.116. The number of aromatic nitrogens is 2. The molecule has 0 saturated heterocycles. The maximum atomic E-state index is 13.7. The first-order valence-corrected chi connectivity index (χ1v) is 9.40. The number of hydrogen-bond acceptors (Lipinski definition) is 6. The topological polar surface area (TPSA) is 78.7 Å². The molecule has 1 heterocycles. The molecule has 2 aromatic carbocycles. The van der Waals surface area contributed by atoms with E-state index in [0.29, 0.717) is 27.4 Å². The monoisotopic (exact) mass is 378 g/mol. The molecular weight excluding hydrogens is 363 g/mol. The molecule has 7 heteroatoms. The Morgan fingerprint density at radius 2 is 1.96 bits per heavy atom. The Balaban J connectivity index is 1.70. The number of hydrogen-bond donors (Lipinski definition) is 1. The minimum Gasteiger partial charge on any atom is -0.340 e. The van der Waals surface area contributed by atoms with Crippen molar-refractivity contribution in [2.75, 3.05) is 5.32 Å². The second-order valence-corrected chi connectivity index (χ2v) is 7.35. The molecule has 0 unspecified atom stereocenters. The normalized spacial score (nSPS) is 13.8. The Morgan fingerprint density at radius 1 is 1.19 bits per heavy atom. The van der Waals surface area contributed by atoms with Crippen LogP contribution in [0.5, 0.6) is 0 Å². The zero-order valence-electron chi connectivity index (χ0n) is 14.3. The van der Waals surface area contributed by atoms with E-state index < -0.39 is 5.82 Å². The van der Waals surface area contributed by atoms with Crippen molar-refractivity contribution in [2.24, 2.45) is 5.92 Å². The van der Waals surface area contributed by atoms with Crippen LogP contribution in [0.25, 0.3) is 10.9 Å². The summed E-state index contributed by atoms with van der Waals surface area (Å²) in [7, 11) is 0. The summed E-state index contributed by atoms with van der Waals surface area (Å²) in [6.07, 6.45) is 2.89. The van der Waals surface area contributed by atoms with Crippen LogP contribution in [0.2, 0.25) is 0 Å². The summed E-state index contributed by atoms with van der Waals surface area (Å²) in [5, 5.41) is 13.1. The number of anilines is 2. The van der Waals surface area contributed by atoms with Crippen molar-refractivity contribution in [3.63, 3.8) is 0 Å². The van der Waals surface area contributed by atoms with Gasteiger partial charge in [0, 0.05) is 23.1 Å². The molecule has 5 nitrogen and oxygen atoms in total. The van der Waals surface area contributed by atoms with Gasteiger partial charge in [-0.15, -0.1) is 0 Å². The molecule has 0 amide bonds. The fourth-order valence-electron chi connectivity index (χ4n) is 2.80. The number of benzene rings is 2. The van der Waals surface area contributed by atoms with Gasteiger partial charge < -0.3 is 5.32 Å². The predicted octanol–water partition coefficient (Wildman–Crippen LogP) is 4.80. The summed E-state index contributed by atoms with van der Waals surface area (Å²) in [6.45, 7) is 0. The van der Waals surface area contributed by atoms with Gasteiger partial charge in [0.15, 0.2) is 10.3 Å². The first-order valence-electron chi connectivity index (χ1n) is 8.58. The third kappa shape index (κ3) is 3.76. The number of nitrogens with one attached hydrogen (secondary N) is 1. The number of rotatable bonds is 4. The van der Waals surface area contributed by atoms with Crippen LogP contribution in [0.4, 0.5) is 15.9 Å². The van der Waals surface area contributed by atoms with Crippen molar-refractivity contribution in [1.29, 1.82) is 5.26 Å². The quantitative estimate of drug-likeness (QED) is 0.519. The highest BCUT2D eigenvalue weighted by Crippen LogP contribution is 2.34. The van der Waals surface area contributed by atoms with Crippen molar-refractivity contribution >= 4 is 39.3 Å². The molecular formula is C20H15FN4OS. The van der Waals surface area contributed by atoms with Crippen LogP contribution in [0.15, 0.2) is 47.6 Å². The standard InChI is InChI=1S/C20H15FN4OS/c21-14-6-9-16-17(10-14)24-20(27-19(26)13-2-1-3-13)25-18(16)23-15-7-4-12(11-22)5-8-15/h4-10,13H,1-3H2,(H,23,24,25). The molecule has 1 aromatic heterocycles. The SMILES string of the molecule is N#Cc1ccc(Nc2nc(SC(=O)C3CCC3)nc3cc(F)ccc23)cc1. The fraction of sp³-hybridized carbons (Fsp3) is 0.200. The summed E-state index contributed by atoms with van der Waals surface area (Å²) in [6, 6.07) is 13.3. The average molecular weight is 378 g/mol. The lowest BCUT2D eigenvalue weighted by atomic mass is 9.87. The molecule has 1 aliphatic rings. The number of thioether (sulfide) groups is 1. The van der Waals surface area contributed by atoms with Gasteiger partial charge in [-0.3, -0.25) is 4.79 Å². The van der Waals surface area contributed by atoms with E-state index in [0.717, 1.165) is 36.7 Å². The van der Waals surface area contributed by atoms with Gasteiger partial charge in [-0.25, -0.2) is 14.4 Å². The Labute approximate surface area is 159 Å². The molecule has 0 radical (unpaired) electrons. The van der Waals surface area contributed by atoms with Gasteiger partial charge in [-0.2, -0.15) is 5.26 Å². The third-order valence-electron chi connectivity index (χ3n) is 4.55. The van der Waals surface area contributed by atoms with Crippen LogP contribution in [-0.2, 0) is 4.79 Å². The molecule has 0 spiro atoms. The fourth-order valence-corrected chi connectivity index (χ4v) is 3.67. The number of carbonyl (C=O) groups is 1. The summed E-state index contributed by atoms with van der Waals surface area (Å²) < 4.78 is 13.7. The summed E-state index contributed by atoms with van der Waals surface area (Å²) >= 11 is 1.01. The highest BCUT2D eigenvalue weighted by Gasteiger charge is 2.27. The van der Waals surface area contributed by atoms with Crippen LogP contribution in [0.3, 0.4) is 0 Å². The smallest absolute Gasteiger partial charge is 0.199 e. The first kappa shape index (κ1) is 17.4. The van der Waals surface area contributed by atoms with Crippen molar-refractivity contribution < 1.29 is 9.18 Å². The van der Waals surface area contributed by atoms with Gasteiger partial charge in [0.1, 0.15) is 11.6 Å². The maximum absolute atomic E-state index is 13.7. The van der Waals surface area contributed by atoms with Gasteiger partial charge in [0.05, 0.1) is 17.1 Å². The molecule has 27 heavy (non-hydrogen) atoms. The molecule has 0 aliphatic heterocycles. The van der Waals surface area contributed by atoms with Gasteiger partial charge >= 0.3 is 0 Å². The van der Waals surface area contributed by atoms with Crippen molar-refractivity contribution in [1.82, 2.24) is 9.97 Å². The zero-order valence-corrected chi connectivity index (χ0v) is 15.1. The number of fused-ring (bicyclic) bond motifs is 1. The summed E-state index contributed by atoms with van der Waals surface area (Å²) in [5.74, 6) is 0.164. The van der Waals surface area contributed by atoms with Crippen LogP contribution in [-0.4, -0.2) is 15.1 Å². The Hall–Kier alpha value is -2.98. The lowest BCUT2D eigenvalue weighted by Crippen LogP contribution is -2.19. The largest absolute Gasteiger partial charge is 0.340 e. The van der Waals surface area contributed by atoms with E-state index in [9.17, 15) is 9.18 Å². The Morgan fingerprint density at radius 3 is 2.63 bits per heavy atom. The van der Waals surface area contributed by atoms with E-state index in [1.165, 1.54) is 12.1 Å². The van der Waals surface area contributed by atoms with Gasteiger partial charge in [0.25, 0.3) is 0 Å². The van der Waals surface area contributed by atoms with Crippen LogP contribution in [0.1, 0.15) is 24.8 Å². The van der Waals surface area contributed by atoms with E-state index in [2.05, 4.69) is 21.4 Å². The van der Waals surface area contributed by atoms with Crippen molar-refractivity contribution in [3.05, 3.63) is 53.8 Å². The Bertz CT molecular complexity index is 1060.